The molecule has 0 heterocycles. The summed E-state index contributed by atoms with van der Waals surface area (Å²) in [5.74, 6) is 0.478. The summed E-state index contributed by atoms with van der Waals surface area (Å²) in [5, 5.41) is 8.91. The lowest BCUT2D eigenvalue weighted by atomic mass is 10.2. The van der Waals surface area contributed by atoms with Gasteiger partial charge in [-0.15, -0.1) is 10.1 Å². The molecule has 0 radical (unpaired) electrons. The highest BCUT2D eigenvalue weighted by atomic mass is 17.0. The summed E-state index contributed by atoms with van der Waals surface area (Å²) in [6.45, 7) is -0.0817. The first-order valence-corrected chi connectivity index (χ1v) is 4.17. The molecule has 0 spiro atoms. The van der Waals surface area contributed by atoms with Crippen molar-refractivity contribution in [1.82, 2.24) is 0 Å². The highest BCUT2D eigenvalue weighted by molar-refractivity contribution is 5.75. The Hall–Kier alpha value is -2.11. The quantitative estimate of drug-likeness (QED) is 0.304. The smallest absolute Gasteiger partial charge is 0.294 e. The van der Waals surface area contributed by atoms with Crippen molar-refractivity contribution in [1.29, 1.82) is 0 Å². The predicted molar refractivity (Wildman–Crippen MR) is 50.3 cm³/mol. The summed E-state index contributed by atoms with van der Waals surface area (Å²) >= 11 is 0. The molecule has 80 valence electrons. The van der Waals surface area contributed by atoms with Crippen molar-refractivity contribution in [3.63, 3.8) is 0 Å². The van der Waals surface area contributed by atoms with Crippen molar-refractivity contribution in [2.45, 2.75) is 0 Å². The van der Waals surface area contributed by atoms with E-state index in [9.17, 15) is 14.9 Å². The van der Waals surface area contributed by atoms with Gasteiger partial charge in [-0.1, -0.05) is 12.1 Å². The summed E-state index contributed by atoms with van der Waals surface area (Å²) in [6, 6.07) is 6.49. The number of rotatable bonds is 6. The van der Waals surface area contributed by atoms with Gasteiger partial charge in [0.15, 0.2) is 0 Å². The fraction of sp³-hybridized carbons (Fsp3) is 0.222. The average Bonchev–Trinajstić information content (AvgIpc) is 2.24. The number of ether oxygens (including phenoxy) is 1. The van der Waals surface area contributed by atoms with Crippen LogP contribution in [0, 0.1) is 10.1 Å². The number of aldehydes is 1. The number of hydrogen-bond donors (Lipinski definition) is 0. The van der Waals surface area contributed by atoms with Crippen LogP contribution in [-0.2, 0) is 4.84 Å². The lowest BCUT2D eigenvalue weighted by Crippen LogP contribution is -2.10. The molecule has 1 aromatic carbocycles. The summed E-state index contributed by atoms with van der Waals surface area (Å²) in [6.07, 6.45) is 0.695. The van der Waals surface area contributed by atoms with Gasteiger partial charge < -0.3 is 9.57 Å². The lowest BCUT2D eigenvalue weighted by Gasteiger charge is -2.04. The third kappa shape index (κ3) is 4.08. The Balaban J connectivity index is 2.37. The molecular weight excluding hydrogens is 202 g/mol. The normalized spacial score (nSPS) is 9.33. The zero-order chi connectivity index (χ0) is 11.1. The van der Waals surface area contributed by atoms with Gasteiger partial charge >= 0.3 is 0 Å². The van der Waals surface area contributed by atoms with Crippen LogP contribution in [0.1, 0.15) is 10.4 Å². The van der Waals surface area contributed by atoms with E-state index in [0.29, 0.717) is 17.6 Å². The van der Waals surface area contributed by atoms with Crippen LogP contribution in [0.3, 0.4) is 0 Å². The van der Waals surface area contributed by atoms with Gasteiger partial charge in [0, 0.05) is 5.56 Å². The van der Waals surface area contributed by atoms with E-state index < -0.39 is 5.09 Å². The van der Waals surface area contributed by atoms with E-state index >= 15 is 0 Å². The van der Waals surface area contributed by atoms with E-state index in [1.807, 2.05) is 0 Å². The molecular formula is C9H9NO5. The lowest BCUT2D eigenvalue weighted by molar-refractivity contribution is -0.757. The van der Waals surface area contributed by atoms with Crippen molar-refractivity contribution in [2.75, 3.05) is 13.2 Å². The molecule has 0 fully saturated rings. The SMILES string of the molecule is O=Cc1cccc(OCCO[N+](=O)[O-])c1. The molecule has 0 aliphatic heterocycles. The molecule has 0 aliphatic rings. The summed E-state index contributed by atoms with van der Waals surface area (Å²) in [7, 11) is 0. The molecule has 6 nitrogen and oxygen atoms in total. The van der Waals surface area contributed by atoms with Gasteiger partial charge in [0.25, 0.3) is 5.09 Å². The van der Waals surface area contributed by atoms with Crippen LogP contribution >= 0.6 is 0 Å². The van der Waals surface area contributed by atoms with Crippen LogP contribution in [0.4, 0.5) is 0 Å². The van der Waals surface area contributed by atoms with Crippen LogP contribution in [0.5, 0.6) is 5.75 Å². The maximum atomic E-state index is 10.4. The Morgan fingerprint density at radius 1 is 1.40 bits per heavy atom. The summed E-state index contributed by atoms with van der Waals surface area (Å²) < 4.78 is 5.11. The first-order valence-electron chi connectivity index (χ1n) is 4.17. The zero-order valence-corrected chi connectivity index (χ0v) is 7.79. The van der Waals surface area contributed by atoms with Gasteiger partial charge in [-0.2, -0.15) is 0 Å². The van der Waals surface area contributed by atoms with Crippen LogP contribution in [0.2, 0.25) is 0 Å². The first-order chi connectivity index (χ1) is 7.22. The number of nitrogens with zero attached hydrogens (tertiary/aromatic N) is 1. The number of benzene rings is 1. The second-order valence-corrected chi connectivity index (χ2v) is 2.60. The number of carbonyl (C=O) groups excluding carboxylic acids is 1. The van der Waals surface area contributed by atoms with Crippen LogP contribution in [0.25, 0.3) is 0 Å². The van der Waals surface area contributed by atoms with Crippen molar-refractivity contribution in [2.24, 2.45) is 0 Å². The molecule has 0 N–H and O–H groups in total. The molecule has 0 saturated carbocycles. The first kappa shape index (κ1) is 11.0. The van der Waals surface area contributed by atoms with E-state index in [-0.39, 0.29) is 13.2 Å². The summed E-state index contributed by atoms with van der Waals surface area (Å²) in [4.78, 5) is 24.2. The van der Waals surface area contributed by atoms with Gasteiger partial charge in [-0.3, -0.25) is 4.79 Å². The molecule has 0 amide bonds. The third-order valence-electron chi connectivity index (χ3n) is 1.54. The summed E-state index contributed by atoms with van der Waals surface area (Å²) in [5.41, 5.74) is 0.489. The van der Waals surface area contributed by atoms with Crippen molar-refractivity contribution in [3.05, 3.63) is 39.9 Å². The molecule has 0 unspecified atom stereocenters. The monoisotopic (exact) mass is 211 g/mol. The van der Waals surface area contributed by atoms with Crippen molar-refractivity contribution in [3.8, 4) is 5.75 Å². The Morgan fingerprint density at radius 2 is 2.20 bits per heavy atom. The van der Waals surface area contributed by atoms with Crippen LogP contribution < -0.4 is 4.74 Å². The van der Waals surface area contributed by atoms with Crippen molar-refractivity contribution < 1.29 is 19.5 Å². The highest BCUT2D eigenvalue weighted by Crippen LogP contribution is 2.11. The molecule has 0 saturated heterocycles. The topological polar surface area (TPSA) is 78.7 Å². The minimum atomic E-state index is -0.884. The average molecular weight is 211 g/mol. The maximum Gasteiger partial charge on any atom is 0.294 e. The Kier molecular flexibility index (Phi) is 4.08. The van der Waals surface area contributed by atoms with Gasteiger partial charge in [0.05, 0.1) is 0 Å². The Labute approximate surface area is 85.5 Å². The second kappa shape index (κ2) is 5.58. The fourth-order valence-corrected chi connectivity index (χ4v) is 0.949. The van der Waals surface area contributed by atoms with Crippen LogP contribution in [-0.4, -0.2) is 24.6 Å². The van der Waals surface area contributed by atoms with Gasteiger partial charge in [0.1, 0.15) is 25.2 Å². The molecule has 0 aromatic heterocycles. The second-order valence-electron chi connectivity index (χ2n) is 2.60. The molecule has 1 aromatic rings. The third-order valence-corrected chi connectivity index (χ3v) is 1.54. The predicted octanol–water partition coefficient (Wildman–Crippen LogP) is 1.09. The Morgan fingerprint density at radius 3 is 2.87 bits per heavy atom. The minimum absolute atomic E-state index is 0.0588. The van der Waals surface area contributed by atoms with E-state index in [4.69, 9.17) is 4.74 Å². The van der Waals surface area contributed by atoms with E-state index in [1.165, 1.54) is 0 Å². The minimum Gasteiger partial charge on any atom is -0.492 e. The van der Waals surface area contributed by atoms with Crippen LogP contribution in [0.15, 0.2) is 24.3 Å². The van der Waals surface area contributed by atoms with Gasteiger partial charge in [-0.25, -0.2) is 0 Å². The zero-order valence-electron chi connectivity index (χ0n) is 7.79. The van der Waals surface area contributed by atoms with Gasteiger partial charge in [-0.05, 0) is 12.1 Å². The maximum absolute atomic E-state index is 10.4. The highest BCUT2D eigenvalue weighted by Gasteiger charge is 1.97. The molecule has 0 aliphatic carbocycles. The molecule has 0 bridgehead atoms. The molecule has 15 heavy (non-hydrogen) atoms. The van der Waals surface area contributed by atoms with E-state index in [0.717, 1.165) is 0 Å². The van der Waals surface area contributed by atoms with E-state index in [1.54, 1.807) is 24.3 Å². The van der Waals surface area contributed by atoms with Gasteiger partial charge in [0.2, 0.25) is 0 Å². The fourth-order valence-electron chi connectivity index (χ4n) is 0.949. The molecule has 0 atom stereocenters. The Bertz CT molecular complexity index is 352. The standard InChI is InChI=1S/C9H9NO5/c11-7-8-2-1-3-9(6-8)14-4-5-15-10(12)13/h1-3,6-7H,4-5H2. The number of carbonyl (C=O) groups is 1. The number of hydrogen-bond acceptors (Lipinski definition) is 5. The van der Waals surface area contributed by atoms with E-state index in [2.05, 4.69) is 4.84 Å². The van der Waals surface area contributed by atoms with Crippen molar-refractivity contribution >= 4 is 6.29 Å². The molecule has 6 heteroatoms. The largest absolute Gasteiger partial charge is 0.492 e. The molecule has 1 rings (SSSR count).